The van der Waals surface area contributed by atoms with Crippen LogP contribution < -0.4 is 16.0 Å². The van der Waals surface area contributed by atoms with Crippen LogP contribution in [0.5, 0.6) is 5.75 Å². The van der Waals surface area contributed by atoms with Gasteiger partial charge in [0, 0.05) is 26.2 Å². The molecule has 12 heteroatoms. The number of alkyl halides is 3. The first-order chi connectivity index (χ1) is 17.9. The van der Waals surface area contributed by atoms with Crippen LogP contribution >= 0.6 is 0 Å². The Labute approximate surface area is 214 Å². The molecule has 4 aromatic rings. The maximum absolute atomic E-state index is 13.6. The number of hydrogen-bond donors (Lipinski definition) is 1. The summed E-state index contributed by atoms with van der Waals surface area (Å²) >= 11 is 0. The second-order valence-electron chi connectivity index (χ2n) is 9.76. The number of rotatable bonds is 8. The van der Waals surface area contributed by atoms with Crippen molar-refractivity contribution in [1.82, 2.24) is 23.7 Å². The molecule has 1 fully saturated rings. The lowest BCUT2D eigenvalue weighted by Crippen LogP contribution is -2.40. The van der Waals surface area contributed by atoms with Crippen molar-refractivity contribution in [2.45, 2.75) is 57.7 Å². The van der Waals surface area contributed by atoms with Crippen LogP contribution in [-0.2, 0) is 26.6 Å². The van der Waals surface area contributed by atoms with Crippen molar-refractivity contribution in [1.29, 1.82) is 0 Å². The summed E-state index contributed by atoms with van der Waals surface area (Å²) in [7, 11) is 1.51. The minimum atomic E-state index is -4.83. The average molecular weight is 530 g/mol. The highest BCUT2D eigenvalue weighted by Crippen LogP contribution is 2.38. The molecule has 1 aliphatic carbocycles. The molecule has 0 unspecified atom stereocenters. The first kappa shape index (κ1) is 25.7. The van der Waals surface area contributed by atoms with Crippen molar-refractivity contribution < 1.29 is 23.0 Å². The normalized spacial score (nSPS) is 14.7. The average Bonchev–Trinajstić information content (AvgIpc) is 3.48. The van der Waals surface area contributed by atoms with Gasteiger partial charge in [-0.05, 0) is 55.5 Å². The van der Waals surface area contributed by atoms with Crippen molar-refractivity contribution in [3.63, 3.8) is 0 Å². The van der Waals surface area contributed by atoms with Gasteiger partial charge < -0.3 is 14.4 Å². The molecule has 3 heterocycles. The lowest BCUT2D eigenvalue weighted by atomic mass is 10.1. The van der Waals surface area contributed by atoms with Gasteiger partial charge in [-0.1, -0.05) is 18.2 Å². The Morgan fingerprint density at radius 2 is 1.89 bits per heavy atom. The second kappa shape index (κ2) is 9.43. The Kier molecular flexibility index (Phi) is 6.38. The summed E-state index contributed by atoms with van der Waals surface area (Å²) in [6.45, 7) is 2.10. The van der Waals surface area contributed by atoms with E-state index in [1.165, 1.54) is 29.8 Å². The molecule has 9 nitrogen and oxygen atoms in total. The van der Waals surface area contributed by atoms with Gasteiger partial charge in [-0.25, -0.2) is 9.78 Å². The molecule has 0 spiro atoms. The number of fused-ring (bicyclic) bond motifs is 1. The number of nitrogens with zero attached hydrogens (tertiary/aromatic N) is 5. The molecule has 1 aliphatic rings. The zero-order chi connectivity index (χ0) is 27.2. The second-order valence-corrected chi connectivity index (χ2v) is 9.76. The van der Waals surface area contributed by atoms with Gasteiger partial charge in [-0.2, -0.15) is 0 Å². The Morgan fingerprint density at radius 3 is 2.55 bits per heavy atom. The Balaban J connectivity index is 1.62. The monoisotopic (exact) mass is 529 g/mol. The number of aliphatic hydroxyl groups is 1. The fourth-order valence-electron chi connectivity index (χ4n) is 4.42. The van der Waals surface area contributed by atoms with E-state index in [-0.39, 0.29) is 42.8 Å². The van der Waals surface area contributed by atoms with Crippen molar-refractivity contribution in [2.24, 2.45) is 7.05 Å². The highest BCUT2D eigenvalue weighted by atomic mass is 19.4. The van der Waals surface area contributed by atoms with E-state index in [9.17, 15) is 27.9 Å². The third-order valence-electron chi connectivity index (χ3n) is 6.73. The van der Waals surface area contributed by atoms with E-state index in [1.807, 2.05) is 19.1 Å². The van der Waals surface area contributed by atoms with E-state index < -0.39 is 23.2 Å². The largest absolute Gasteiger partial charge is 0.573 e. The molecule has 3 aromatic heterocycles. The van der Waals surface area contributed by atoms with Crippen molar-refractivity contribution in [2.75, 3.05) is 0 Å². The van der Waals surface area contributed by atoms with Gasteiger partial charge in [-0.15, -0.1) is 13.2 Å². The summed E-state index contributed by atoms with van der Waals surface area (Å²) in [5.74, 6) is 0.00262. The maximum atomic E-state index is 13.6. The first-order valence-electron chi connectivity index (χ1n) is 12.1. The third kappa shape index (κ3) is 5.35. The lowest BCUT2D eigenvalue weighted by Gasteiger charge is -2.13. The van der Waals surface area contributed by atoms with Crippen LogP contribution in [0.4, 0.5) is 13.2 Å². The van der Waals surface area contributed by atoms with E-state index in [2.05, 4.69) is 14.7 Å². The highest BCUT2D eigenvalue weighted by Gasteiger charge is 2.40. The number of benzene rings is 1. The molecule has 200 valence electrons. The van der Waals surface area contributed by atoms with Crippen LogP contribution in [0.15, 0.2) is 52.2 Å². The van der Waals surface area contributed by atoms with Gasteiger partial charge in [0.2, 0.25) is 0 Å². The van der Waals surface area contributed by atoms with E-state index >= 15 is 0 Å². The molecule has 0 bridgehead atoms. The molecule has 5 rings (SSSR count). The molecule has 1 saturated carbocycles. The number of halogens is 3. The van der Waals surface area contributed by atoms with Crippen molar-refractivity contribution in [3.05, 3.63) is 86.1 Å². The van der Waals surface area contributed by atoms with Crippen LogP contribution in [0, 0.1) is 6.92 Å². The predicted molar refractivity (Wildman–Crippen MR) is 132 cm³/mol. The summed E-state index contributed by atoms with van der Waals surface area (Å²) in [6, 6.07) is 9.22. The standard InChI is InChI=1S/C26H26F3N5O4/c1-16-6-7-18(30-14-16)15-34-20(13-17-4-3-5-19(12-17)38-26(27,28)29)31-22-21(34)23(35)33(24(36)32(22)2)11-10-25(37)8-9-25/h3-7,12,14,37H,8-11,13,15H2,1-2H3. The number of imidazole rings is 1. The number of aromatic nitrogens is 5. The molecule has 1 N–H and O–H groups in total. The molecule has 0 radical (unpaired) electrons. The predicted octanol–water partition coefficient (Wildman–Crippen LogP) is 3.05. The summed E-state index contributed by atoms with van der Waals surface area (Å²) in [5.41, 5.74) is 0.443. The Morgan fingerprint density at radius 1 is 1.13 bits per heavy atom. The number of pyridine rings is 1. The first-order valence-corrected chi connectivity index (χ1v) is 12.1. The maximum Gasteiger partial charge on any atom is 0.573 e. The van der Waals surface area contributed by atoms with Gasteiger partial charge >= 0.3 is 12.1 Å². The third-order valence-corrected chi connectivity index (χ3v) is 6.73. The van der Waals surface area contributed by atoms with E-state index in [1.54, 1.807) is 16.8 Å². The summed E-state index contributed by atoms with van der Waals surface area (Å²) in [4.78, 5) is 35.7. The fourth-order valence-corrected chi connectivity index (χ4v) is 4.42. The molecule has 0 amide bonds. The van der Waals surface area contributed by atoms with E-state index in [0.29, 0.717) is 29.9 Å². The van der Waals surface area contributed by atoms with Crippen LogP contribution in [-0.4, -0.2) is 40.7 Å². The lowest BCUT2D eigenvalue weighted by molar-refractivity contribution is -0.274. The quantitative estimate of drug-likeness (QED) is 0.376. The number of hydrogen-bond acceptors (Lipinski definition) is 6. The van der Waals surface area contributed by atoms with Gasteiger partial charge in [0.15, 0.2) is 11.2 Å². The minimum absolute atomic E-state index is 0.0536. The molecule has 1 aromatic carbocycles. The smallest absolute Gasteiger partial charge is 0.406 e. The number of ether oxygens (including phenoxy) is 1. The van der Waals surface area contributed by atoms with Crippen LogP contribution in [0.3, 0.4) is 0 Å². The minimum Gasteiger partial charge on any atom is -0.406 e. The molecule has 0 aliphatic heterocycles. The Hall–Kier alpha value is -3.93. The zero-order valence-electron chi connectivity index (χ0n) is 20.8. The summed E-state index contributed by atoms with van der Waals surface area (Å²) < 4.78 is 46.3. The van der Waals surface area contributed by atoms with Crippen LogP contribution in [0.25, 0.3) is 11.2 Å². The highest BCUT2D eigenvalue weighted by molar-refractivity contribution is 5.71. The van der Waals surface area contributed by atoms with Gasteiger partial charge in [0.25, 0.3) is 5.56 Å². The van der Waals surface area contributed by atoms with Crippen LogP contribution in [0.2, 0.25) is 0 Å². The summed E-state index contributed by atoms with van der Waals surface area (Å²) in [6.07, 6.45) is -1.54. The van der Waals surface area contributed by atoms with Gasteiger partial charge in [-0.3, -0.25) is 18.9 Å². The SMILES string of the molecule is Cc1ccc(Cn2c(Cc3cccc(OC(F)(F)F)c3)nc3c2c(=O)n(CCC2(O)CC2)c(=O)n3C)nc1. The van der Waals surface area contributed by atoms with E-state index in [4.69, 9.17) is 0 Å². The van der Waals surface area contributed by atoms with Crippen molar-refractivity contribution >= 4 is 11.2 Å². The molecule has 0 atom stereocenters. The van der Waals surface area contributed by atoms with E-state index in [0.717, 1.165) is 10.1 Å². The van der Waals surface area contributed by atoms with Crippen LogP contribution in [0.1, 0.15) is 41.9 Å². The van der Waals surface area contributed by atoms with Gasteiger partial charge in [0.05, 0.1) is 17.8 Å². The van der Waals surface area contributed by atoms with Crippen molar-refractivity contribution in [3.8, 4) is 5.75 Å². The number of aryl methyl sites for hydroxylation is 2. The summed E-state index contributed by atoms with van der Waals surface area (Å²) in [5, 5.41) is 10.3. The zero-order valence-corrected chi connectivity index (χ0v) is 20.8. The molecule has 38 heavy (non-hydrogen) atoms. The molecule has 0 saturated heterocycles. The molecular weight excluding hydrogens is 503 g/mol. The fraction of sp³-hybridized carbons (Fsp3) is 0.385. The van der Waals surface area contributed by atoms with Gasteiger partial charge in [0.1, 0.15) is 11.6 Å². The Bertz CT molecular complexity index is 1620. The topological polar surface area (TPSA) is 104 Å². The molecular formula is C26H26F3N5O4.